The van der Waals surface area contributed by atoms with Crippen LogP contribution in [-0.2, 0) is 4.74 Å². The number of guanidine groups is 1. The van der Waals surface area contributed by atoms with Crippen LogP contribution < -0.4 is 5.32 Å². The highest BCUT2D eigenvalue weighted by atomic mass is 127. The van der Waals surface area contributed by atoms with Gasteiger partial charge in [0.2, 0.25) is 0 Å². The molecular weight excluding hydrogens is 397 g/mol. The van der Waals surface area contributed by atoms with Crippen molar-refractivity contribution in [1.82, 2.24) is 10.2 Å². The molecule has 4 unspecified atom stereocenters. The SMILES string of the molecule is C#CCSCCNC(=NC)N1CC2C3CCC(O3)C2C1.I. The predicted molar refractivity (Wildman–Crippen MR) is 99.4 cm³/mol. The van der Waals surface area contributed by atoms with E-state index in [-0.39, 0.29) is 24.0 Å². The van der Waals surface area contributed by atoms with Crippen LogP contribution in [0.3, 0.4) is 0 Å². The Morgan fingerprint density at radius 1 is 1.38 bits per heavy atom. The number of aliphatic imine (C=N–C) groups is 1. The standard InChI is InChI=1S/C15H23N3OS.HI/c1-3-7-20-8-6-17-15(16-2)18-9-11-12(10-18)14-5-4-13(11)19-14;/h1,11-14H,4-10H2,2H3,(H,16,17);1H. The average Bonchev–Trinajstić information content (AvgIpc) is 3.14. The molecular formula is C15H24IN3OS. The van der Waals surface area contributed by atoms with Gasteiger partial charge in [0.15, 0.2) is 5.96 Å². The molecule has 3 aliphatic heterocycles. The van der Waals surface area contributed by atoms with Crippen molar-refractivity contribution in [3.8, 4) is 12.3 Å². The molecule has 118 valence electrons. The topological polar surface area (TPSA) is 36.9 Å². The third kappa shape index (κ3) is 3.62. The van der Waals surface area contributed by atoms with Gasteiger partial charge in [-0.15, -0.1) is 42.2 Å². The summed E-state index contributed by atoms with van der Waals surface area (Å²) in [6.45, 7) is 3.13. The lowest BCUT2D eigenvalue weighted by atomic mass is 9.82. The molecule has 4 nitrogen and oxygen atoms in total. The Balaban J connectivity index is 0.00000161. The van der Waals surface area contributed by atoms with Crippen LogP contribution >= 0.6 is 35.7 Å². The van der Waals surface area contributed by atoms with Gasteiger partial charge < -0.3 is 15.0 Å². The number of nitrogens with zero attached hydrogens (tertiary/aromatic N) is 2. The van der Waals surface area contributed by atoms with Gasteiger partial charge in [-0.25, -0.2) is 0 Å². The summed E-state index contributed by atoms with van der Waals surface area (Å²) < 4.78 is 6.02. The van der Waals surface area contributed by atoms with Gasteiger partial charge in [-0.05, 0) is 12.8 Å². The van der Waals surface area contributed by atoms with Crippen LogP contribution in [0.4, 0.5) is 0 Å². The third-order valence-corrected chi connectivity index (χ3v) is 5.54. The molecule has 3 saturated heterocycles. The van der Waals surface area contributed by atoms with Crippen LogP contribution in [0.25, 0.3) is 0 Å². The summed E-state index contributed by atoms with van der Waals surface area (Å²) >= 11 is 1.78. The van der Waals surface area contributed by atoms with Gasteiger partial charge in [0.25, 0.3) is 0 Å². The van der Waals surface area contributed by atoms with Gasteiger partial charge in [0.05, 0.1) is 18.0 Å². The molecule has 6 heteroatoms. The summed E-state index contributed by atoms with van der Waals surface area (Å²) in [7, 11) is 1.87. The molecule has 3 aliphatic rings. The molecule has 21 heavy (non-hydrogen) atoms. The summed E-state index contributed by atoms with van der Waals surface area (Å²) in [4.78, 5) is 6.84. The van der Waals surface area contributed by atoms with E-state index in [1.807, 2.05) is 7.05 Å². The van der Waals surface area contributed by atoms with E-state index >= 15 is 0 Å². The Morgan fingerprint density at radius 3 is 2.62 bits per heavy atom. The summed E-state index contributed by atoms with van der Waals surface area (Å²) in [5.41, 5.74) is 0. The summed E-state index contributed by atoms with van der Waals surface area (Å²) in [5, 5.41) is 3.46. The van der Waals surface area contributed by atoms with Gasteiger partial charge >= 0.3 is 0 Å². The molecule has 0 aliphatic carbocycles. The monoisotopic (exact) mass is 421 g/mol. The van der Waals surface area contributed by atoms with E-state index in [9.17, 15) is 0 Å². The lowest BCUT2D eigenvalue weighted by molar-refractivity contribution is 0.0767. The van der Waals surface area contributed by atoms with Crippen LogP contribution in [0.15, 0.2) is 4.99 Å². The highest BCUT2D eigenvalue weighted by Crippen LogP contribution is 2.47. The van der Waals surface area contributed by atoms with E-state index in [2.05, 4.69) is 21.1 Å². The van der Waals surface area contributed by atoms with E-state index < -0.39 is 0 Å². The van der Waals surface area contributed by atoms with E-state index in [0.717, 1.165) is 48.9 Å². The predicted octanol–water partition coefficient (Wildman–Crippen LogP) is 1.66. The summed E-state index contributed by atoms with van der Waals surface area (Å²) in [6.07, 6.45) is 8.79. The molecule has 0 aromatic rings. The van der Waals surface area contributed by atoms with Crippen molar-refractivity contribution in [1.29, 1.82) is 0 Å². The normalized spacial score (nSPS) is 33.5. The summed E-state index contributed by atoms with van der Waals surface area (Å²) in [5.74, 6) is 6.95. The van der Waals surface area contributed by atoms with Crippen molar-refractivity contribution >= 4 is 41.7 Å². The van der Waals surface area contributed by atoms with Crippen LogP contribution in [0.5, 0.6) is 0 Å². The Hall–Kier alpha value is -0.130. The molecule has 0 spiro atoms. The van der Waals surface area contributed by atoms with Crippen LogP contribution in [0.2, 0.25) is 0 Å². The van der Waals surface area contributed by atoms with Crippen molar-refractivity contribution in [3.05, 3.63) is 0 Å². The molecule has 0 saturated carbocycles. The van der Waals surface area contributed by atoms with Crippen LogP contribution in [0.1, 0.15) is 12.8 Å². The van der Waals surface area contributed by atoms with Crippen molar-refractivity contribution < 1.29 is 4.74 Å². The maximum absolute atomic E-state index is 6.02. The highest BCUT2D eigenvalue weighted by Gasteiger charge is 2.53. The van der Waals surface area contributed by atoms with Crippen molar-refractivity contribution in [2.75, 3.05) is 38.2 Å². The number of thioether (sulfide) groups is 1. The molecule has 3 rings (SSSR count). The molecule has 1 N–H and O–H groups in total. The fourth-order valence-corrected chi connectivity index (χ4v) is 4.34. The molecule has 0 aromatic carbocycles. The number of likely N-dealkylation sites (tertiary alicyclic amines) is 1. The molecule has 4 atom stereocenters. The molecule has 2 bridgehead atoms. The smallest absolute Gasteiger partial charge is 0.193 e. The number of fused-ring (bicyclic) bond motifs is 5. The zero-order chi connectivity index (χ0) is 13.9. The first-order valence-corrected chi connectivity index (χ1v) is 8.61. The molecule has 0 aromatic heterocycles. The zero-order valence-corrected chi connectivity index (χ0v) is 15.6. The molecule has 3 heterocycles. The largest absolute Gasteiger partial charge is 0.374 e. The number of ether oxygens (including phenoxy) is 1. The van der Waals surface area contributed by atoms with E-state index in [0.29, 0.717) is 12.2 Å². The minimum absolute atomic E-state index is 0. The quantitative estimate of drug-likeness (QED) is 0.246. The minimum Gasteiger partial charge on any atom is -0.374 e. The first kappa shape index (κ1) is 17.2. The Morgan fingerprint density at radius 2 is 2.05 bits per heavy atom. The lowest BCUT2D eigenvalue weighted by Gasteiger charge is -2.23. The fraction of sp³-hybridized carbons (Fsp3) is 0.800. The van der Waals surface area contributed by atoms with Gasteiger partial charge in [0.1, 0.15) is 0 Å². The van der Waals surface area contributed by atoms with Crippen molar-refractivity contribution in [2.24, 2.45) is 16.8 Å². The number of nitrogens with one attached hydrogen (secondary N) is 1. The zero-order valence-electron chi connectivity index (χ0n) is 12.5. The minimum atomic E-state index is 0. The average molecular weight is 421 g/mol. The molecule has 3 fully saturated rings. The van der Waals surface area contributed by atoms with E-state index in [1.165, 1.54) is 12.8 Å². The first-order chi connectivity index (χ1) is 9.83. The van der Waals surface area contributed by atoms with E-state index in [4.69, 9.17) is 11.2 Å². The Bertz CT molecular complexity index is 408. The summed E-state index contributed by atoms with van der Waals surface area (Å²) in [6, 6.07) is 0. The number of hydrogen-bond donors (Lipinski definition) is 1. The number of hydrogen-bond acceptors (Lipinski definition) is 3. The maximum Gasteiger partial charge on any atom is 0.193 e. The maximum atomic E-state index is 6.02. The van der Waals surface area contributed by atoms with Gasteiger partial charge in [-0.1, -0.05) is 5.92 Å². The lowest BCUT2D eigenvalue weighted by Crippen LogP contribution is -2.42. The molecule has 0 amide bonds. The van der Waals surface area contributed by atoms with Gasteiger partial charge in [-0.2, -0.15) is 0 Å². The Kier molecular flexibility index (Phi) is 6.51. The highest BCUT2D eigenvalue weighted by molar-refractivity contribution is 14.0. The second kappa shape index (κ2) is 7.93. The van der Waals surface area contributed by atoms with Crippen LogP contribution in [-0.4, -0.2) is 61.3 Å². The molecule has 0 radical (unpaired) electrons. The van der Waals surface area contributed by atoms with Gasteiger partial charge in [0, 0.05) is 44.3 Å². The van der Waals surface area contributed by atoms with Crippen molar-refractivity contribution in [3.63, 3.8) is 0 Å². The van der Waals surface area contributed by atoms with Crippen LogP contribution in [0, 0.1) is 24.2 Å². The van der Waals surface area contributed by atoms with Gasteiger partial charge in [-0.3, -0.25) is 4.99 Å². The number of halogens is 1. The second-order valence-corrected chi connectivity index (χ2v) is 6.86. The fourth-order valence-electron chi connectivity index (χ4n) is 3.83. The number of terminal acetylenes is 1. The number of rotatable bonds is 4. The van der Waals surface area contributed by atoms with Crippen molar-refractivity contribution in [2.45, 2.75) is 25.0 Å². The third-order valence-electron chi connectivity index (χ3n) is 4.68. The van der Waals surface area contributed by atoms with E-state index in [1.54, 1.807) is 11.8 Å². The first-order valence-electron chi connectivity index (χ1n) is 7.45. The Labute approximate surface area is 148 Å². The second-order valence-electron chi connectivity index (χ2n) is 5.75.